The van der Waals surface area contributed by atoms with Gasteiger partial charge in [0.25, 0.3) is 0 Å². The second-order valence-corrected chi connectivity index (χ2v) is 4.93. The lowest BCUT2D eigenvalue weighted by atomic mass is 9.72. The standard InChI is InChI=1S/C12H20O3/c1-11-5-6-12(2,15-11)10(8-14-4)9(11)7-13-3/h5-6,9-10H,7-8H2,1-4H3/t9-,10+,11+,12-. The van der Waals surface area contributed by atoms with Crippen LogP contribution in [0, 0.1) is 11.8 Å². The Morgan fingerprint density at radius 1 is 1.00 bits per heavy atom. The lowest BCUT2D eigenvalue weighted by Gasteiger charge is -2.32. The summed E-state index contributed by atoms with van der Waals surface area (Å²) in [5.74, 6) is 0.773. The van der Waals surface area contributed by atoms with Crippen LogP contribution in [-0.2, 0) is 14.2 Å². The van der Waals surface area contributed by atoms with Gasteiger partial charge in [0.05, 0.1) is 24.4 Å². The molecule has 3 nitrogen and oxygen atoms in total. The van der Waals surface area contributed by atoms with Crippen molar-refractivity contribution in [3.63, 3.8) is 0 Å². The molecule has 2 aliphatic heterocycles. The molecule has 0 radical (unpaired) electrons. The predicted molar refractivity (Wildman–Crippen MR) is 57.8 cm³/mol. The molecule has 0 aromatic rings. The van der Waals surface area contributed by atoms with Crippen molar-refractivity contribution in [1.29, 1.82) is 0 Å². The largest absolute Gasteiger partial charge is 0.384 e. The van der Waals surface area contributed by atoms with E-state index in [9.17, 15) is 0 Å². The Hall–Kier alpha value is -0.380. The van der Waals surface area contributed by atoms with Gasteiger partial charge in [-0.1, -0.05) is 12.2 Å². The minimum atomic E-state index is -0.173. The monoisotopic (exact) mass is 212 g/mol. The van der Waals surface area contributed by atoms with Crippen molar-refractivity contribution in [3.8, 4) is 0 Å². The van der Waals surface area contributed by atoms with Gasteiger partial charge in [-0.2, -0.15) is 0 Å². The Bertz CT molecular complexity index is 250. The Labute approximate surface area is 91.4 Å². The van der Waals surface area contributed by atoms with E-state index in [2.05, 4.69) is 26.0 Å². The van der Waals surface area contributed by atoms with Crippen LogP contribution in [0.1, 0.15) is 13.8 Å². The molecule has 0 aromatic heterocycles. The van der Waals surface area contributed by atoms with Gasteiger partial charge in [0.15, 0.2) is 0 Å². The van der Waals surface area contributed by atoms with E-state index < -0.39 is 0 Å². The maximum atomic E-state index is 6.11. The molecule has 0 unspecified atom stereocenters. The topological polar surface area (TPSA) is 27.7 Å². The molecule has 0 amide bonds. The summed E-state index contributed by atoms with van der Waals surface area (Å²) >= 11 is 0. The predicted octanol–water partition coefficient (Wildman–Crippen LogP) is 1.63. The molecule has 86 valence electrons. The summed E-state index contributed by atoms with van der Waals surface area (Å²) in [5.41, 5.74) is -0.345. The van der Waals surface area contributed by atoms with Crippen molar-refractivity contribution in [2.75, 3.05) is 27.4 Å². The molecule has 3 heteroatoms. The molecule has 2 bridgehead atoms. The highest BCUT2D eigenvalue weighted by Crippen LogP contribution is 2.53. The van der Waals surface area contributed by atoms with E-state index in [1.165, 1.54) is 0 Å². The van der Waals surface area contributed by atoms with Crippen LogP contribution >= 0.6 is 0 Å². The molecular formula is C12H20O3. The second kappa shape index (κ2) is 3.58. The highest BCUT2D eigenvalue weighted by Gasteiger charge is 2.59. The third-order valence-corrected chi connectivity index (χ3v) is 3.84. The van der Waals surface area contributed by atoms with Crippen LogP contribution in [0.15, 0.2) is 12.2 Å². The Morgan fingerprint density at radius 2 is 1.40 bits per heavy atom. The van der Waals surface area contributed by atoms with E-state index >= 15 is 0 Å². The van der Waals surface area contributed by atoms with Gasteiger partial charge in [-0.25, -0.2) is 0 Å². The third kappa shape index (κ3) is 1.53. The first-order valence-corrected chi connectivity index (χ1v) is 5.44. The molecule has 2 rings (SSSR count). The number of hydrogen-bond donors (Lipinski definition) is 0. The molecule has 0 N–H and O–H groups in total. The summed E-state index contributed by atoms with van der Waals surface area (Å²) in [6.45, 7) is 5.72. The highest BCUT2D eigenvalue weighted by atomic mass is 16.5. The van der Waals surface area contributed by atoms with Gasteiger partial charge >= 0.3 is 0 Å². The minimum absolute atomic E-state index is 0.173. The van der Waals surface area contributed by atoms with Crippen LogP contribution in [0.3, 0.4) is 0 Å². The van der Waals surface area contributed by atoms with Gasteiger partial charge < -0.3 is 14.2 Å². The van der Waals surface area contributed by atoms with Crippen molar-refractivity contribution in [1.82, 2.24) is 0 Å². The minimum Gasteiger partial charge on any atom is -0.384 e. The summed E-state index contributed by atoms with van der Waals surface area (Å²) < 4.78 is 16.7. The highest BCUT2D eigenvalue weighted by molar-refractivity contribution is 5.27. The van der Waals surface area contributed by atoms with E-state index in [1.807, 2.05) is 0 Å². The first-order chi connectivity index (χ1) is 7.06. The fourth-order valence-electron chi connectivity index (χ4n) is 2.99. The summed E-state index contributed by atoms with van der Waals surface area (Å²) in [7, 11) is 3.48. The maximum absolute atomic E-state index is 6.11. The van der Waals surface area contributed by atoms with Crippen molar-refractivity contribution in [2.45, 2.75) is 25.0 Å². The van der Waals surface area contributed by atoms with Gasteiger partial charge in [-0.3, -0.25) is 0 Å². The van der Waals surface area contributed by atoms with E-state index in [0.29, 0.717) is 11.8 Å². The number of hydrogen-bond acceptors (Lipinski definition) is 3. The molecule has 2 aliphatic rings. The molecule has 4 atom stereocenters. The van der Waals surface area contributed by atoms with E-state index in [4.69, 9.17) is 14.2 Å². The Kier molecular flexibility index (Phi) is 2.65. The third-order valence-electron chi connectivity index (χ3n) is 3.84. The second-order valence-electron chi connectivity index (χ2n) is 4.93. The van der Waals surface area contributed by atoms with Gasteiger partial charge in [0.2, 0.25) is 0 Å². The summed E-state index contributed by atoms with van der Waals surface area (Å²) in [6, 6.07) is 0. The molecule has 1 fully saturated rings. The van der Waals surface area contributed by atoms with Crippen molar-refractivity contribution >= 4 is 0 Å². The number of rotatable bonds is 4. The van der Waals surface area contributed by atoms with Crippen LogP contribution in [0.2, 0.25) is 0 Å². The quantitative estimate of drug-likeness (QED) is 0.663. The molecule has 0 aliphatic carbocycles. The molecule has 0 spiro atoms. The van der Waals surface area contributed by atoms with Crippen LogP contribution in [0.5, 0.6) is 0 Å². The zero-order valence-electron chi connectivity index (χ0n) is 9.95. The van der Waals surface area contributed by atoms with Gasteiger partial charge in [0.1, 0.15) is 0 Å². The van der Waals surface area contributed by atoms with Crippen molar-refractivity contribution < 1.29 is 14.2 Å². The van der Waals surface area contributed by atoms with E-state index in [1.54, 1.807) is 14.2 Å². The maximum Gasteiger partial charge on any atom is 0.0902 e. The fraction of sp³-hybridized carbons (Fsp3) is 0.833. The van der Waals surface area contributed by atoms with Crippen LogP contribution in [0.25, 0.3) is 0 Å². The number of methoxy groups -OCH3 is 2. The first-order valence-electron chi connectivity index (χ1n) is 5.44. The molecule has 2 heterocycles. The number of ether oxygens (including phenoxy) is 3. The van der Waals surface area contributed by atoms with E-state index in [0.717, 1.165) is 13.2 Å². The van der Waals surface area contributed by atoms with Crippen molar-refractivity contribution in [3.05, 3.63) is 12.2 Å². The number of fused-ring (bicyclic) bond motifs is 2. The average Bonchev–Trinajstić information content (AvgIpc) is 2.58. The van der Waals surface area contributed by atoms with Crippen LogP contribution in [-0.4, -0.2) is 38.6 Å². The SMILES string of the molecule is COC[C@@H]1[C@H](COC)[C@@]2(C)C=C[C@]1(C)O2. The van der Waals surface area contributed by atoms with Crippen LogP contribution in [0.4, 0.5) is 0 Å². The molecule has 0 saturated carbocycles. The van der Waals surface area contributed by atoms with Gasteiger partial charge in [-0.05, 0) is 13.8 Å². The van der Waals surface area contributed by atoms with Gasteiger partial charge in [0, 0.05) is 26.1 Å². The Balaban J connectivity index is 2.24. The first kappa shape index (κ1) is 11.1. The Morgan fingerprint density at radius 3 is 1.73 bits per heavy atom. The van der Waals surface area contributed by atoms with Crippen LogP contribution < -0.4 is 0 Å². The molecule has 1 saturated heterocycles. The lowest BCUT2D eigenvalue weighted by molar-refractivity contribution is -0.0360. The van der Waals surface area contributed by atoms with Crippen molar-refractivity contribution in [2.24, 2.45) is 11.8 Å². The lowest BCUT2D eigenvalue weighted by Crippen LogP contribution is -2.40. The molecule has 15 heavy (non-hydrogen) atoms. The summed E-state index contributed by atoms with van der Waals surface area (Å²) in [6.07, 6.45) is 4.34. The molecular weight excluding hydrogens is 192 g/mol. The fourth-order valence-corrected chi connectivity index (χ4v) is 2.99. The summed E-state index contributed by atoms with van der Waals surface area (Å²) in [4.78, 5) is 0. The zero-order chi connectivity index (χ0) is 11.1. The summed E-state index contributed by atoms with van der Waals surface area (Å²) in [5, 5.41) is 0. The smallest absolute Gasteiger partial charge is 0.0902 e. The molecule has 0 aromatic carbocycles. The zero-order valence-corrected chi connectivity index (χ0v) is 9.95. The van der Waals surface area contributed by atoms with Gasteiger partial charge in [-0.15, -0.1) is 0 Å². The average molecular weight is 212 g/mol. The normalized spacial score (nSPS) is 47.7. The van der Waals surface area contributed by atoms with E-state index in [-0.39, 0.29) is 11.2 Å².